The molecule has 0 spiro atoms. The van der Waals surface area contributed by atoms with E-state index in [0.717, 1.165) is 24.3 Å². The molecular formula is C13H12F5O4S-. The first-order valence-electron chi connectivity index (χ1n) is 6.35. The molecule has 0 aliphatic heterocycles. The molecule has 0 radical (unpaired) electrons. The molecule has 10 heteroatoms. The highest BCUT2D eigenvalue weighted by Gasteiger charge is 2.56. The Morgan fingerprint density at radius 1 is 1.13 bits per heavy atom. The number of hydrogen-bond donors (Lipinski definition) is 0. The van der Waals surface area contributed by atoms with Gasteiger partial charge in [0.05, 0.1) is 12.2 Å². The van der Waals surface area contributed by atoms with Gasteiger partial charge >= 0.3 is 17.1 Å². The fourth-order valence-corrected chi connectivity index (χ4v) is 1.90. The van der Waals surface area contributed by atoms with Crippen LogP contribution in [0, 0.1) is 5.82 Å². The van der Waals surface area contributed by atoms with Gasteiger partial charge < -0.3 is 9.29 Å². The zero-order chi connectivity index (χ0) is 17.7. The van der Waals surface area contributed by atoms with Crippen LogP contribution in [0.1, 0.15) is 29.6 Å². The lowest BCUT2D eigenvalue weighted by atomic mass is 10.1. The van der Waals surface area contributed by atoms with Gasteiger partial charge in [-0.2, -0.15) is 17.6 Å². The quantitative estimate of drug-likeness (QED) is 0.309. The third-order valence-electron chi connectivity index (χ3n) is 2.83. The van der Waals surface area contributed by atoms with Crippen LogP contribution < -0.4 is 0 Å². The second-order valence-electron chi connectivity index (χ2n) is 4.56. The van der Waals surface area contributed by atoms with Gasteiger partial charge in [-0.05, 0) is 37.1 Å². The smallest absolute Gasteiger partial charge is 0.371 e. The van der Waals surface area contributed by atoms with Crippen molar-refractivity contribution in [3.8, 4) is 0 Å². The zero-order valence-corrected chi connectivity index (χ0v) is 12.4. The number of esters is 1. The summed E-state index contributed by atoms with van der Waals surface area (Å²) in [5.41, 5.74) is 0.0463. The highest BCUT2D eigenvalue weighted by Crippen LogP contribution is 2.39. The van der Waals surface area contributed by atoms with Crippen molar-refractivity contribution in [3.05, 3.63) is 35.6 Å². The molecule has 1 atom stereocenters. The van der Waals surface area contributed by atoms with Crippen LogP contribution in [0.15, 0.2) is 24.3 Å². The van der Waals surface area contributed by atoms with Gasteiger partial charge in [0.2, 0.25) is 0 Å². The highest BCUT2D eigenvalue weighted by atomic mass is 32.2. The van der Waals surface area contributed by atoms with E-state index in [9.17, 15) is 35.5 Å². The van der Waals surface area contributed by atoms with Crippen molar-refractivity contribution in [3.63, 3.8) is 0 Å². The van der Waals surface area contributed by atoms with E-state index in [0.29, 0.717) is 0 Å². The maximum absolute atomic E-state index is 13.1. The first kappa shape index (κ1) is 19.5. The minimum absolute atomic E-state index is 0.0463. The van der Waals surface area contributed by atoms with Gasteiger partial charge in [-0.1, -0.05) is 0 Å². The molecule has 4 nitrogen and oxygen atoms in total. The predicted octanol–water partition coefficient (Wildman–Crippen LogP) is 3.26. The summed E-state index contributed by atoms with van der Waals surface area (Å²) in [6.07, 6.45) is -2.01. The fraction of sp³-hybridized carbons (Fsp3) is 0.462. The van der Waals surface area contributed by atoms with Crippen LogP contribution in [0.4, 0.5) is 22.0 Å². The third-order valence-corrected chi connectivity index (χ3v) is 3.55. The van der Waals surface area contributed by atoms with E-state index in [2.05, 4.69) is 0 Å². The molecule has 0 saturated carbocycles. The first-order valence-corrected chi connectivity index (χ1v) is 7.43. The molecule has 0 heterocycles. The summed E-state index contributed by atoms with van der Waals surface area (Å²) in [7, 11) is 0. The number of rotatable bonds is 8. The van der Waals surface area contributed by atoms with Crippen molar-refractivity contribution in [2.45, 2.75) is 30.4 Å². The minimum Gasteiger partial charge on any atom is -0.768 e. The lowest BCUT2D eigenvalue weighted by Gasteiger charge is -2.27. The van der Waals surface area contributed by atoms with Crippen molar-refractivity contribution in [1.29, 1.82) is 0 Å². The van der Waals surface area contributed by atoms with E-state index in [1.54, 1.807) is 0 Å². The van der Waals surface area contributed by atoms with Crippen LogP contribution in [-0.2, 0) is 15.8 Å². The third kappa shape index (κ3) is 5.24. The number of alkyl halides is 4. The second kappa shape index (κ2) is 7.82. The minimum atomic E-state index is -5.15. The molecule has 1 aromatic rings. The van der Waals surface area contributed by atoms with Gasteiger partial charge in [-0.15, -0.1) is 0 Å². The van der Waals surface area contributed by atoms with Crippen LogP contribution in [-0.4, -0.2) is 32.5 Å². The average Bonchev–Trinajstić information content (AvgIpc) is 2.46. The molecule has 1 rings (SSSR count). The lowest BCUT2D eigenvalue weighted by Crippen LogP contribution is -2.43. The number of hydrogen-bond acceptors (Lipinski definition) is 4. The molecule has 1 aromatic carbocycles. The van der Waals surface area contributed by atoms with Crippen molar-refractivity contribution < 1.29 is 40.2 Å². The maximum Gasteiger partial charge on any atom is 0.371 e. The van der Waals surface area contributed by atoms with E-state index < -0.39 is 46.9 Å². The number of ether oxygens (including phenoxy) is 1. The summed E-state index contributed by atoms with van der Waals surface area (Å²) in [5.74, 6) is -6.08. The van der Waals surface area contributed by atoms with E-state index in [-0.39, 0.29) is 18.6 Å². The Balaban J connectivity index is 2.36. The van der Waals surface area contributed by atoms with Gasteiger partial charge in [-0.25, -0.2) is 9.18 Å². The lowest BCUT2D eigenvalue weighted by molar-refractivity contribution is -0.162. The molecule has 0 bridgehead atoms. The molecule has 0 aliphatic rings. The SMILES string of the molecule is O=C(OCCCCC(F)(F)C(F)(F)S(=O)[O-])c1ccc(F)cc1. The van der Waals surface area contributed by atoms with Crippen LogP contribution in [0.2, 0.25) is 0 Å². The van der Waals surface area contributed by atoms with Gasteiger partial charge in [0.1, 0.15) is 5.82 Å². The normalized spacial score (nSPS) is 13.7. The van der Waals surface area contributed by atoms with Crippen molar-refractivity contribution in [1.82, 2.24) is 0 Å². The summed E-state index contributed by atoms with van der Waals surface area (Å²) in [6, 6.07) is 4.39. The van der Waals surface area contributed by atoms with Gasteiger partial charge in [-0.3, -0.25) is 4.21 Å². The molecule has 0 amide bonds. The number of halogens is 5. The fourth-order valence-electron chi connectivity index (χ4n) is 1.55. The predicted molar refractivity (Wildman–Crippen MR) is 69.3 cm³/mol. The summed E-state index contributed by atoms with van der Waals surface area (Å²) in [5, 5.41) is -5.15. The second-order valence-corrected chi connectivity index (χ2v) is 5.54. The van der Waals surface area contributed by atoms with Crippen LogP contribution in [0.5, 0.6) is 0 Å². The summed E-state index contributed by atoms with van der Waals surface area (Å²) >= 11 is -4.24. The molecule has 0 aromatic heterocycles. The molecule has 0 saturated heterocycles. The Labute approximate surface area is 130 Å². The van der Waals surface area contributed by atoms with Crippen LogP contribution in [0.3, 0.4) is 0 Å². The summed E-state index contributed by atoms with van der Waals surface area (Å²) in [6.45, 7) is -0.321. The number of carbonyl (C=O) groups excluding carboxylic acids is 1. The average molecular weight is 359 g/mol. The topological polar surface area (TPSA) is 66.4 Å². The Kier molecular flexibility index (Phi) is 6.63. The van der Waals surface area contributed by atoms with Crippen LogP contribution in [0.25, 0.3) is 0 Å². The molecule has 130 valence electrons. The zero-order valence-electron chi connectivity index (χ0n) is 11.6. The maximum atomic E-state index is 13.1. The van der Waals surface area contributed by atoms with Gasteiger partial charge in [0.15, 0.2) is 0 Å². The Morgan fingerprint density at radius 2 is 1.70 bits per heavy atom. The highest BCUT2D eigenvalue weighted by molar-refractivity contribution is 7.80. The Morgan fingerprint density at radius 3 is 2.22 bits per heavy atom. The molecule has 0 fully saturated rings. The molecule has 0 aliphatic carbocycles. The Bertz CT molecular complexity index is 562. The molecular weight excluding hydrogens is 347 g/mol. The number of benzene rings is 1. The van der Waals surface area contributed by atoms with E-state index in [1.165, 1.54) is 0 Å². The van der Waals surface area contributed by atoms with Crippen molar-refractivity contribution in [2.24, 2.45) is 0 Å². The summed E-state index contributed by atoms with van der Waals surface area (Å²) < 4.78 is 89.1. The molecule has 23 heavy (non-hydrogen) atoms. The molecule has 0 N–H and O–H groups in total. The summed E-state index contributed by atoms with van der Waals surface area (Å²) in [4.78, 5) is 11.5. The Hall–Kier alpha value is -1.55. The monoisotopic (exact) mass is 359 g/mol. The van der Waals surface area contributed by atoms with Gasteiger partial charge in [0.25, 0.3) is 0 Å². The number of carbonyl (C=O) groups is 1. The van der Waals surface area contributed by atoms with E-state index >= 15 is 0 Å². The standard InChI is InChI=1S/C13H13F5O4S/c14-10-5-3-9(4-6-10)11(19)22-8-2-1-7-12(15,16)13(17,18)23(20)21/h3-6H,1-2,7-8H2,(H,20,21)/p-1. The van der Waals surface area contributed by atoms with E-state index in [4.69, 9.17) is 4.74 Å². The van der Waals surface area contributed by atoms with Crippen LogP contribution >= 0.6 is 0 Å². The first-order chi connectivity index (χ1) is 10.6. The van der Waals surface area contributed by atoms with Crippen molar-refractivity contribution in [2.75, 3.05) is 6.61 Å². The van der Waals surface area contributed by atoms with E-state index in [1.807, 2.05) is 0 Å². The van der Waals surface area contributed by atoms with Gasteiger partial charge in [0, 0.05) is 17.5 Å². The largest absolute Gasteiger partial charge is 0.768 e. The molecule has 1 unspecified atom stereocenters. The number of unbranched alkanes of at least 4 members (excludes halogenated alkanes) is 1. The van der Waals surface area contributed by atoms with Crippen molar-refractivity contribution >= 4 is 17.0 Å².